The molecule has 1 atom stereocenters. The zero-order valence-electron chi connectivity index (χ0n) is 39.5. The number of aliphatic hydroxyl groups is 1. The van der Waals surface area contributed by atoms with E-state index in [1.54, 1.807) is 20.8 Å². The molecule has 0 saturated heterocycles. The normalized spacial score (nSPS) is 13.8. The van der Waals surface area contributed by atoms with Crippen LogP contribution in [0.2, 0.25) is 0 Å². The van der Waals surface area contributed by atoms with E-state index in [2.05, 4.69) is 16.0 Å². The molecule has 27 nitrogen and oxygen atoms in total. The maximum absolute atomic E-state index is 13.0. The highest BCUT2D eigenvalue weighted by Crippen LogP contribution is 2.69. The predicted octanol–water partition coefficient (Wildman–Crippen LogP) is -1.93. The van der Waals surface area contributed by atoms with Gasteiger partial charge in [-0.3, -0.25) is 42.8 Å². The van der Waals surface area contributed by atoms with Crippen LogP contribution in [0.25, 0.3) is 0 Å². The summed E-state index contributed by atoms with van der Waals surface area (Å²) in [6, 6.07) is -1.30. The van der Waals surface area contributed by atoms with Gasteiger partial charge in [-0.15, -0.1) is 0 Å². The maximum Gasteiger partial charge on any atom is 0.369 e. The Kier molecular flexibility index (Phi) is 33.0. The number of hydrogen-bond acceptors (Lipinski definition) is 19. The summed E-state index contributed by atoms with van der Waals surface area (Å²) in [7, 11) is -11.1. The van der Waals surface area contributed by atoms with Gasteiger partial charge in [-0.1, -0.05) is 0 Å². The van der Waals surface area contributed by atoms with Crippen LogP contribution in [0.3, 0.4) is 0 Å². The summed E-state index contributed by atoms with van der Waals surface area (Å²) in [6.45, 7) is 9.12. The molecule has 0 saturated carbocycles. The molecule has 400 valence electrons. The Labute approximate surface area is 401 Å². The highest BCUT2D eigenvalue weighted by atomic mass is 31.2. The van der Waals surface area contributed by atoms with E-state index in [4.69, 9.17) is 66.9 Å². The molecule has 0 bridgehead atoms. The van der Waals surface area contributed by atoms with Gasteiger partial charge in [0.05, 0.1) is 125 Å². The van der Waals surface area contributed by atoms with Gasteiger partial charge in [0.25, 0.3) is 16.9 Å². The van der Waals surface area contributed by atoms with E-state index in [-0.39, 0.29) is 144 Å². The molecule has 29 heteroatoms. The van der Waals surface area contributed by atoms with Crippen LogP contribution in [0.5, 0.6) is 0 Å². The topological polar surface area (TPSA) is 369 Å². The van der Waals surface area contributed by atoms with Gasteiger partial charge in [-0.2, -0.15) is 0 Å². The summed E-state index contributed by atoms with van der Waals surface area (Å²) < 4.78 is 76.4. The van der Waals surface area contributed by atoms with E-state index in [9.17, 15) is 43.0 Å². The highest BCUT2D eigenvalue weighted by Gasteiger charge is 2.58. The molecule has 8 N–H and O–H groups in total. The SMILES string of the molecule is CC(C)(C)OC(=O)CCOCCOCCOCCOCCNC(=O)[C@H](CNC(=O)CCOCCOCCOCCOCCOCCC(=O)NCCCC(O)(P(=O)(O)O)P(=O)(O)O)N1C(=O)C=CC1=O. The summed E-state index contributed by atoms with van der Waals surface area (Å²) in [5, 5.41) is 13.9. The van der Waals surface area contributed by atoms with E-state index in [0.29, 0.717) is 26.4 Å². The average Bonchev–Trinajstić information content (AvgIpc) is 3.59. The minimum Gasteiger partial charge on any atom is -0.460 e. The minimum absolute atomic E-state index is 0.0386. The number of nitrogens with zero attached hydrogens (tertiary/aromatic N) is 1. The summed E-state index contributed by atoms with van der Waals surface area (Å²) in [5.41, 5.74) is -0.536. The molecule has 69 heavy (non-hydrogen) atoms. The first-order valence-corrected chi connectivity index (χ1v) is 25.4. The Morgan fingerprint density at radius 2 is 0.913 bits per heavy atom. The zero-order chi connectivity index (χ0) is 51.6. The molecular weight excluding hydrogens is 966 g/mol. The molecule has 0 aromatic carbocycles. The third kappa shape index (κ3) is 30.2. The fourth-order valence-corrected chi connectivity index (χ4v) is 7.66. The fraction of sp³-hybridized carbons (Fsp3) is 0.800. The number of nitrogens with one attached hydrogen (secondary N) is 3. The first kappa shape index (κ1) is 63.7. The van der Waals surface area contributed by atoms with Crippen LogP contribution in [0.4, 0.5) is 0 Å². The van der Waals surface area contributed by atoms with Crippen LogP contribution in [0.15, 0.2) is 12.2 Å². The van der Waals surface area contributed by atoms with E-state index >= 15 is 0 Å². The van der Waals surface area contributed by atoms with Crippen LogP contribution in [0.1, 0.15) is 52.9 Å². The molecule has 1 rings (SSSR count). The zero-order valence-corrected chi connectivity index (χ0v) is 41.3. The third-order valence-electron chi connectivity index (χ3n) is 8.86. The Bertz CT molecular complexity index is 1620. The second-order valence-electron chi connectivity index (χ2n) is 15.7. The molecule has 0 aromatic heterocycles. The van der Waals surface area contributed by atoms with Crippen LogP contribution in [-0.4, -0.2) is 220 Å². The number of carbonyl (C=O) groups excluding carboxylic acids is 6. The number of esters is 1. The second-order valence-corrected chi connectivity index (χ2v) is 19.7. The van der Waals surface area contributed by atoms with Gasteiger partial charge >= 0.3 is 21.2 Å². The first-order chi connectivity index (χ1) is 32.6. The molecule has 1 aliphatic heterocycles. The van der Waals surface area contributed by atoms with Crippen molar-refractivity contribution in [1.82, 2.24) is 20.9 Å². The largest absolute Gasteiger partial charge is 0.460 e. The summed E-state index contributed by atoms with van der Waals surface area (Å²) >= 11 is 0. The lowest BCUT2D eigenvalue weighted by Gasteiger charge is -2.29. The van der Waals surface area contributed by atoms with Crippen molar-refractivity contribution in [2.24, 2.45) is 0 Å². The number of rotatable bonds is 43. The van der Waals surface area contributed by atoms with Gasteiger partial charge in [0.15, 0.2) is 0 Å². The molecule has 0 fully saturated rings. The number of carbonyl (C=O) groups is 6. The number of ether oxygens (including phenoxy) is 10. The molecule has 0 aromatic rings. The second kappa shape index (κ2) is 35.7. The Morgan fingerprint density at radius 1 is 0.551 bits per heavy atom. The number of imide groups is 1. The quantitative estimate of drug-likeness (QED) is 0.0143. The smallest absolute Gasteiger partial charge is 0.369 e. The summed E-state index contributed by atoms with van der Waals surface area (Å²) in [5.74, 6) is -3.31. The standard InChI is InChI=1S/C40H72N4O23P2/c1-39(2,3)67-37(49)9-15-60-19-23-64-25-28-65-24-20-61-16-12-42-38(50)32(44-35(47)5-6-36(44)48)31-43-34(46)8-14-59-18-22-63-27-30-66-29-26-62-21-17-58-13-7-33(45)41-11-4-10-40(51,68(52,53)54)69(55,56)57/h5-6,32,51H,4,7-31H2,1-3H3,(H,41,45)(H,42,50)(H,43,46)(H2,52,53,54)(H2,55,56,57)/t32-/m0/s1. The van der Waals surface area contributed by atoms with Gasteiger partial charge in [0.2, 0.25) is 17.7 Å². The van der Waals surface area contributed by atoms with E-state index in [0.717, 1.165) is 17.1 Å². The monoisotopic (exact) mass is 1040 g/mol. The van der Waals surface area contributed by atoms with Crippen molar-refractivity contribution >= 4 is 50.7 Å². The summed E-state index contributed by atoms with van der Waals surface area (Å²) in [6.07, 6.45) is 0.887. The molecule has 0 radical (unpaired) electrons. The van der Waals surface area contributed by atoms with Gasteiger partial charge in [0.1, 0.15) is 11.6 Å². The van der Waals surface area contributed by atoms with Crippen LogP contribution >= 0.6 is 15.2 Å². The third-order valence-corrected chi connectivity index (χ3v) is 12.7. The lowest BCUT2D eigenvalue weighted by molar-refractivity contribution is -0.156. The van der Waals surface area contributed by atoms with Gasteiger partial charge in [0, 0.05) is 51.0 Å². The van der Waals surface area contributed by atoms with Crippen LogP contribution in [-0.2, 0) is 85.3 Å². The molecule has 1 heterocycles. The Morgan fingerprint density at radius 3 is 1.30 bits per heavy atom. The van der Waals surface area contributed by atoms with E-state index in [1.165, 1.54) is 0 Å². The van der Waals surface area contributed by atoms with Gasteiger partial charge in [-0.05, 0) is 27.2 Å². The van der Waals surface area contributed by atoms with Crippen molar-refractivity contribution < 1.29 is 110 Å². The summed E-state index contributed by atoms with van der Waals surface area (Å²) in [4.78, 5) is 111. The van der Waals surface area contributed by atoms with Crippen molar-refractivity contribution in [3.8, 4) is 0 Å². The van der Waals surface area contributed by atoms with Crippen molar-refractivity contribution in [2.75, 3.05) is 139 Å². The molecule has 0 spiro atoms. The van der Waals surface area contributed by atoms with Gasteiger partial charge in [-0.25, -0.2) is 0 Å². The molecule has 5 amide bonds. The van der Waals surface area contributed by atoms with Crippen molar-refractivity contribution in [3.05, 3.63) is 12.2 Å². The lowest BCUT2D eigenvalue weighted by atomic mass is 10.2. The van der Waals surface area contributed by atoms with Crippen LogP contribution < -0.4 is 16.0 Å². The molecular formula is C40H72N4O23P2. The van der Waals surface area contributed by atoms with E-state index < -0.39 is 67.9 Å². The van der Waals surface area contributed by atoms with Crippen LogP contribution in [0, 0.1) is 0 Å². The number of hydrogen-bond donors (Lipinski definition) is 8. The van der Waals surface area contributed by atoms with Crippen molar-refractivity contribution in [1.29, 1.82) is 0 Å². The number of amides is 5. The van der Waals surface area contributed by atoms with E-state index in [1.807, 2.05) is 0 Å². The Hall–Kier alpha value is -3.34. The van der Waals surface area contributed by atoms with Crippen molar-refractivity contribution in [2.45, 2.75) is 69.6 Å². The fourth-order valence-electron chi connectivity index (χ4n) is 5.41. The molecule has 1 aliphatic rings. The first-order valence-electron chi connectivity index (χ1n) is 22.2. The lowest BCUT2D eigenvalue weighted by Crippen LogP contribution is -2.55. The predicted molar refractivity (Wildman–Crippen MR) is 239 cm³/mol. The minimum atomic E-state index is -5.55. The maximum atomic E-state index is 13.0. The molecule has 0 aliphatic carbocycles. The highest BCUT2D eigenvalue weighted by molar-refractivity contribution is 7.72. The average molecular weight is 1040 g/mol. The van der Waals surface area contributed by atoms with Gasteiger partial charge < -0.3 is 88.0 Å². The van der Waals surface area contributed by atoms with Crippen molar-refractivity contribution in [3.63, 3.8) is 0 Å². The molecule has 0 unspecified atom stereocenters. The Balaban J connectivity index is 2.05.